The number of nitrogens with one attached hydrogen (secondary N) is 1. The summed E-state index contributed by atoms with van der Waals surface area (Å²) >= 11 is 0. The van der Waals surface area contributed by atoms with E-state index in [1.54, 1.807) is 0 Å². The summed E-state index contributed by atoms with van der Waals surface area (Å²) in [5, 5.41) is 23.8. The lowest BCUT2D eigenvalue weighted by molar-refractivity contribution is 0.0993. The largest absolute Gasteiger partial charge is 0.391 e. The maximum atomic E-state index is 13.1. The van der Waals surface area contributed by atoms with Crippen LogP contribution in [0.5, 0.6) is 0 Å². The van der Waals surface area contributed by atoms with Crippen LogP contribution < -0.4 is 15.1 Å². The monoisotopic (exact) mass is 516 g/mol. The van der Waals surface area contributed by atoms with Gasteiger partial charge < -0.3 is 25.3 Å². The number of benzene rings is 2. The number of hydrogen-bond donors (Lipinski definition) is 3. The van der Waals surface area contributed by atoms with Gasteiger partial charge in [0.25, 0.3) is 0 Å². The summed E-state index contributed by atoms with van der Waals surface area (Å²) in [6.45, 7) is 6.44. The number of hydrogen-bond acceptors (Lipinski definition) is 9. The third-order valence-electron chi connectivity index (χ3n) is 7.22. The first-order valence-electron chi connectivity index (χ1n) is 13.4. The topological polar surface area (TPSA) is 115 Å². The van der Waals surface area contributed by atoms with Crippen molar-refractivity contribution in [1.29, 1.82) is 0 Å². The Labute approximate surface area is 223 Å². The van der Waals surface area contributed by atoms with E-state index in [0.29, 0.717) is 42.9 Å². The van der Waals surface area contributed by atoms with Crippen LogP contribution in [0, 0.1) is 13.8 Å². The molecule has 0 amide bonds. The third-order valence-corrected chi connectivity index (χ3v) is 7.22. The molecule has 2 fully saturated rings. The van der Waals surface area contributed by atoms with Crippen LogP contribution in [0.3, 0.4) is 0 Å². The second-order valence-corrected chi connectivity index (χ2v) is 10.5. The molecule has 2 atom stereocenters. The van der Waals surface area contributed by atoms with E-state index in [0.717, 1.165) is 61.2 Å². The average Bonchev–Trinajstić information content (AvgIpc) is 2.90. The molecule has 3 aromatic rings. The fourth-order valence-electron chi connectivity index (χ4n) is 5.13. The standard InChI is InChI=1S/C29H36N6O3/c1-19-6-3-7-21(14-19)15-26(38)22-11-10-20(2)25(16-22)30-27-31-28(34-12-4-8-23(36)17-34)33-29(32-27)35-13-5-9-24(37)18-35/h3,6-7,10-11,14,16,23-24,36-37H,4-5,8-9,12-13,15,17-18H2,1-2H3,(H,30,31,32,33). The van der Waals surface area contributed by atoms with E-state index in [1.807, 2.05) is 66.1 Å². The molecule has 0 radical (unpaired) electrons. The predicted molar refractivity (Wildman–Crippen MR) is 148 cm³/mol. The first-order chi connectivity index (χ1) is 18.3. The number of aliphatic hydroxyl groups excluding tert-OH is 2. The zero-order valence-corrected chi connectivity index (χ0v) is 22.1. The molecule has 9 heteroatoms. The number of piperidine rings is 2. The van der Waals surface area contributed by atoms with Gasteiger partial charge in [-0.25, -0.2) is 0 Å². The van der Waals surface area contributed by atoms with Crippen LogP contribution in [0.4, 0.5) is 23.5 Å². The smallest absolute Gasteiger partial charge is 0.233 e. The van der Waals surface area contributed by atoms with Gasteiger partial charge >= 0.3 is 0 Å². The number of rotatable bonds is 7. The zero-order valence-electron chi connectivity index (χ0n) is 22.1. The number of aliphatic hydroxyl groups is 2. The molecular weight excluding hydrogens is 480 g/mol. The van der Waals surface area contributed by atoms with Gasteiger partial charge in [-0.15, -0.1) is 0 Å². The van der Waals surface area contributed by atoms with Gasteiger partial charge in [-0.05, 0) is 56.7 Å². The SMILES string of the molecule is Cc1cccc(CC(=O)c2ccc(C)c(Nc3nc(N4CCCC(O)C4)nc(N4CCCC(O)C4)n3)c2)c1. The summed E-state index contributed by atoms with van der Waals surface area (Å²) in [7, 11) is 0. The first-order valence-corrected chi connectivity index (χ1v) is 13.4. The fraction of sp³-hybridized carbons (Fsp3) is 0.448. The summed E-state index contributed by atoms with van der Waals surface area (Å²) in [5.41, 5.74) is 4.45. The Morgan fingerprint density at radius 2 is 1.58 bits per heavy atom. The Bertz CT molecular complexity index is 1260. The van der Waals surface area contributed by atoms with Gasteiger partial charge in [0.05, 0.1) is 12.2 Å². The summed E-state index contributed by atoms with van der Waals surface area (Å²) in [6.07, 6.45) is 2.74. The summed E-state index contributed by atoms with van der Waals surface area (Å²) in [5.74, 6) is 1.41. The Kier molecular flexibility index (Phi) is 7.85. The maximum Gasteiger partial charge on any atom is 0.233 e. The lowest BCUT2D eigenvalue weighted by atomic mass is 10.00. The van der Waals surface area contributed by atoms with Gasteiger partial charge in [-0.1, -0.05) is 42.0 Å². The molecular formula is C29H36N6O3. The molecule has 0 bridgehead atoms. The van der Waals surface area contributed by atoms with Crippen molar-refractivity contribution in [3.63, 3.8) is 0 Å². The average molecular weight is 517 g/mol. The number of anilines is 4. The molecule has 38 heavy (non-hydrogen) atoms. The Balaban J connectivity index is 1.43. The van der Waals surface area contributed by atoms with Crippen LogP contribution in [-0.2, 0) is 6.42 Å². The number of ketones is 1. The van der Waals surface area contributed by atoms with Crippen molar-refractivity contribution in [3.8, 4) is 0 Å². The van der Waals surface area contributed by atoms with Gasteiger partial charge in [0.15, 0.2) is 5.78 Å². The van der Waals surface area contributed by atoms with Gasteiger partial charge in [0.1, 0.15) is 0 Å². The number of carbonyl (C=O) groups is 1. The summed E-state index contributed by atoms with van der Waals surface area (Å²) in [6, 6.07) is 13.6. The molecule has 2 aliphatic rings. The molecule has 1 aromatic heterocycles. The predicted octanol–water partition coefficient (Wildman–Crippen LogP) is 3.58. The fourth-order valence-corrected chi connectivity index (χ4v) is 5.13. The van der Waals surface area contributed by atoms with Crippen LogP contribution in [0.25, 0.3) is 0 Å². The molecule has 5 rings (SSSR count). The molecule has 3 N–H and O–H groups in total. The number of aryl methyl sites for hydroxylation is 2. The molecule has 2 saturated heterocycles. The molecule has 2 unspecified atom stereocenters. The number of Topliss-reactive ketones (excluding diaryl/α,β-unsaturated/α-hetero) is 1. The van der Waals surface area contributed by atoms with Crippen molar-refractivity contribution in [2.24, 2.45) is 0 Å². The van der Waals surface area contributed by atoms with Crippen molar-refractivity contribution in [1.82, 2.24) is 15.0 Å². The van der Waals surface area contributed by atoms with Crippen molar-refractivity contribution in [2.75, 3.05) is 41.3 Å². The molecule has 9 nitrogen and oxygen atoms in total. The Hall–Kier alpha value is -3.56. The number of aromatic nitrogens is 3. The minimum Gasteiger partial charge on any atom is -0.391 e. The van der Waals surface area contributed by atoms with E-state index in [9.17, 15) is 15.0 Å². The zero-order chi connectivity index (χ0) is 26.6. The highest BCUT2D eigenvalue weighted by Gasteiger charge is 2.25. The normalized spacial score (nSPS) is 19.9. The molecule has 0 spiro atoms. The van der Waals surface area contributed by atoms with Gasteiger partial charge in [-0.2, -0.15) is 15.0 Å². The van der Waals surface area contributed by atoms with Crippen molar-refractivity contribution < 1.29 is 15.0 Å². The number of carbonyl (C=O) groups excluding carboxylic acids is 1. The van der Waals surface area contributed by atoms with Crippen molar-refractivity contribution in [3.05, 3.63) is 64.7 Å². The Morgan fingerprint density at radius 3 is 2.18 bits per heavy atom. The molecule has 3 heterocycles. The first kappa shape index (κ1) is 26.1. The quantitative estimate of drug-likeness (QED) is 0.405. The van der Waals surface area contributed by atoms with E-state index in [-0.39, 0.29) is 5.78 Å². The third kappa shape index (κ3) is 6.28. The van der Waals surface area contributed by atoms with Crippen LogP contribution >= 0.6 is 0 Å². The van der Waals surface area contributed by atoms with Crippen LogP contribution in [0.1, 0.15) is 52.7 Å². The van der Waals surface area contributed by atoms with Crippen LogP contribution in [-0.4, -0.2) is 69.3 Å². The van der Waals surface area contributed by atoms with E-state index in [4.69, 9.17) is 15.0 Å². The highest BCUT2D eigenvalue weighted by molar-refractivity contribution is 5.98. The van der Waals surface area contributed by atoms with Gasteiger partial charge in [-0.3, -0.25) is 4.79 Å². The van der Waals surface area contributed by atoms with Gasteiger partial charge in [0.2, 0.25) is 17.8 Å². The van der Waals surface area contributed by atoms with E-state index < -0.39 is 12.2 Å². The number of nitrogens with zero attached hydrogens (tertiary/aromatic N) is 5. The number of β-amino-alcohol motifs (C(OH)–C–C–N with tert-alkyl or cyclic N) is 2. The van der Waals surface area contributed by atoms with Crippen LogP contribution in [0.15, 0.2) is 42.5 Å². The second-order valence-electron chi connectivity index (χ2n) is 10.5. The lowest BCUT2D eigenvalue weighted by Crippen LogP contribution is -2.41. The highest BCUT2D eigenvalue weighted by atomic mass is 16.3. The minimum atomic E-state index is -0.421. The molecule has 0 aliphatic carbocycles. The summed E-state index contributed by atoms with van der Waals surface area (Å²) in [4.78, 5) is 31.2. The lowest BCUT2D eigenvalue weighted by Gasteiger charge is -2.33. The molecule has 0 saturated carbocycles. The molecule has 2 aromatic carbocycles. The maximum absolute atomic E-state index is 13.1. The van der Waals surface area contributed by atoms with Crippen molar-refractivity contribution in [2.45, 2.75) is 58.2 Å². The minimum absolute atomic E-state index is 0.0419. The van der Waals surface area contributed by atoms with Gasteiger partial charge in [0, 0.05) is 43.9 Å². The highest BCUT2D eigenvalue weighted by Crippen LogP contribution is 2.26. The van der Waals surface area contributed by atoms with Crippen molar-refractivity contribution >= 4 is 29.3 Å². The second kappa shape index (κ2) is 11.4. The van der Waals surface area contributed by atoms with E-state index in [2.05, 4.69) is 5.32 Å². The van der Waals surface area contributed by atoms with E-state index >= 15 is 0 Å². The Morgan fingerprint density at radius 1 is 0.921 bits per heavy atom. The molecule has 2 aliphatic heterocycles. The summed E-state index contributed by atoms with van der Waals surface area (Å²) < 4.78 is 0. The molecule has 200 valence electrons. The van der Waals surface area contributed by atoms with E-state index in [1.165, 1.54) is 0 Å². The van der Waals surface area contributed by atoms with Crippen LogP contribution in [0.2, 0.25) is 0 Å².